The Bertz CT molecular complexity index is 146. The molecule has 2 nitrogen and oxygen atoms in total. The molecule has 1 saturated heterocycles. The Morgan fingerprint density at radius 3 is 2.25 bits per heavy atom. The van der Waals surface area contributed by atoms with Gasteiger partial charge in [0, 0.05) is 0 Å². The Balaban J connectivity index is 2.46. The minimum Gasteiger partial charge on any atom is -0.388 e. The van der Waals surface area contributed by atoms with Gasteiger partial charge in [0.1, 0.15) is 0 Å². The van der Waals surface area contributed by atoms with E-state index in [9.17, 15) is 5.11 Å². The number of aliphatic hydroxyl groups is 1. The van der Waals surface area contributed by atoms with Crippen molar-refractivity contribution in [2.24, 2.45) is 11.8 Å². The molecule has 0 aromatic rings. The maximum Gasteiger partial charge on any atom is 0.0860 e. The summed E-state index contributed by atoms with van der Waals surface area (Å²) in [4.78, 5) is 0. The molecule has 2 heteroatoms. The quantitative estimate of drug-likeness (QED) is 0.688. The number of rotatable bonds is 2. The smallest absolute Gasteiger partial charge is 0.0860 e. The van der Waals surface area contributed by atoms with Crippen LogP contribution in [-0.2, 0) is 4.74 Å². The van der Waals surface area contributed by atoms with Gasteiger partial charge in [0.25, 0.3) is 0 Å². The average molecular weight is 172 g/mol. The van der Waals surface area contributed by atoms with Gasteiger partial charge < -0.3 is 9.84 Å². The van der Waals surface area contributed by atoms with Gasteiger partial charge in [0.05, 0.1) is 18.3 Å². The Labute approximate surface area is 74.9 Å². The van der Waals surface area contributed by atoms with E-state index in [1.54, 1.807) is 0 Å². The molecule has 1 heterocycles. The molecule has 0 aromatic carbocycles. The van der Waals surface area contributed by atoms with E-state index in [0.29, 0.717) is 11.8 Å². The zero-order chi connectivity index (χ0) is 9.35. The predicted octanol–water partition coefficient (Wildman–Crippen LogP) is 1.82. The van der Waals surface area contributed by atoms with E-state index in [2.05, 4.69) is 13.8 Å². The van der Waals surface area contributed by atoms with Gasteiger partial charge >= 0.3 is 0 Å². The van der Waals surface area contributed by atoms with E-state index >= 15 is 0 Å². The van der Waals surface area contributed by atoms with E-state index in [-0.39, 0.29) is 6.10 Å². The van der Waals surface area contributed by atoms with Gasteiger partial charge in [-0.05, 0) is 32.1 Å². The fourth-order valence-electron chi connectivity index (χ4n) is 1.61. The van der Waals surface area contributed by atoms with Crippen LogP contribution in [0.5, 0.6) is 0 Å². The molecule has 0 saturated carbocycles. The van der Waals surface area contributed by atoms with Crippen molar-refractivity contribution in [3.05, 3.63) is 0 Å². The first-order valence-corrected chi connectivity index (χ1v) is 4.75. The molecule has 1 aliphatic rings. The molecule has 0 radical (unpaired) electrons. The summed E-state index contributed by atoms with van der Waals surface area (Å²) in [5, 5.41) is 9.69. The lowest BCUT2D eigenvalue weighted by Crippen LogP contribution is -2.35. The van der Waals surface area contributed by atoms with Crippen molar-refractivity contribution < 1.29 is 9.84 Å². The van der Waals surface area contributed by atoms with Crippen LogP contribution >= 0.6 is 0 Å². The van der Waals surface area contributed by atoms with E-state index in [4.69, 9.17) is 4.74 Å². The van der Waals surface area contributed by atoms with Gasteiger partial charge in [0.15, 0.2) is 0 Å². The molecule has 72 valence electrons. The van der Waals surface area contributed by atoms with Gasteiger partial charge in [-0.2, -0.15) is 0 Å². The molecule has 1 aliphatic heterocycles. The summed E-state index contributed by atoms with van der Waals surface area (Å²) >= 11 is 0. The van der Waals surface area contributed by atoms with Crippen LogP contribution in [-0.4, -0.2) is 23.4 Å². The monoisotopic (exact) mass is 172 g/mol. The fourth-order valence-corrected chi connectivity index (χ4v) is 1.61. The van der Waals surface area contributed by atoms with Crippen molar-refractivity contribution in [2.45, 2.75) is 45.8 Å². The van der Waals surface area contributed by atoms with Crippen LogP contribution in [0, 0.1) is 11.8 Å². The van der Waals surface area contributed by atoms with E-state index < -0.39 is 5.60 Å². The van der Waals surface area contributed by atoms with Crippen molar-refractivity contribution in [3.8, 4) is 0 Å². The van der Waals surface area contributed by atoms with Crippen LogP contribution in [0.25, 0.3) is 0 Å². The molecule has 0 aliphatic carbocycles. The zero-order valence-electron chi connectivity index (χ0n) is 8.50. The molecule has 0 spiro atoms. The lowest BCUT2D eigenvalue weighted by molar-refractivity contribution is -0.0601. The Morgan fingerprint density at radius 1 is 1.42 bits per heavy atom. The second kappa shape index (κ2) is 3.35. The van der Waals surface area contributed by atoms with Crippen LogP contribution in [0.1, 0.15) is 34.1 Å². The van der Waals surface area contributed by atoms with Crippen LogP contribution in [0.3, 0.4) is 0 Å². The molecule has 1 fully saturated rings. The first-order chi connectivity index (χ1) is 5.41. The van der Waals surface area contributed by atoms with Crippen molar-refractivity contribution >= 4 is 0 Å². The highest BCUT2D eigenvalue weighted by molar-refractivity contribution is 4.86. The molecule has 0 aromatic heterocycles. The SMILES string of the molecule is CC(C)[C@@H]1CO[C@@H](C(C)(C)O)C1. The van der Waals surface area contributed by atoms with E-state index in [0.717, 1.165) is 13.0 Å². The van der Waals surface area contributed by atoms with E-state index in [1.807, 2.05) is 13.8 Å². The molecule has 1 rings (SSSR count). The summed E-state index contributed by atoms with van der Waals surface area (Å²) in [5.74, 6) is 1.29. The molecule has 0 unspecified atom stereocenters. The van der Waals surface area contributed by atoms with Crippen LogP contribution < -0.4 is 0 Å². The second-order valence-corrected chi connectivity index (χ2v) is 4.72. The van der Waals surface area contributed by atoms with Crippen LogP contribution in [0.15, 0.2) is 0 Å². The van der Waals surface area contributed by atoms with E-state index in [1.165, 1.54) is 0 Å². The second-order valence-electron chi connectivity index (χ2n) is 4.72. The number of hydrogen-bond acceptors (Lipinski definition) is 2. The van der Waals surface area contributed by atoms with Crippen molar-refractivity contribution in [2.75, 3.05) is 6.61 Å². The lowest BCUT2D eigenvalue weighted by Gasteiger charge is -2.24. The number of ether oxygens (including phenoxy) is 1. The molecule has 0 bridgehead atoms. The van der Waals surface area contributed by atoms with Crippen molar-refractivity contribution in [3.63, 3.8) is 0 Å². The third kappa shape index (κ3) is 2.20. The van der Waals surface area contributed by atoms with Crippen molar-refractivity contribution in [1.29, 1.82) is 0 Å². The van der Waals surface area contributed by atoms with Crippen LogP contribution in [0.4, 0.5) is 0 Å². The molecule has 2 atom stereocenters. The highest BCUT2D eigenvalue weighted by Gasteiger charge is 2.36. The predicted molar refractivity (Wildman–Crippen MR) is 49.0 cm³/mol. The standard InChI is InChI=1S/C10H20O2/c1-7(2)8-5-9(12-6-8)10(3,4)11/h7-9,11H,5-6H2,1-4H3/t8-,9+/m0/s1. The third-order valence-electron chi connectivity index (χ3n) is 2.76. The fraction of sp³-hybridized carbons (Fsp3) is 1.00. The summed E-state index contributed by atoms with van der Waals surface area (Å²) in [6, 6.07) is 0. The summed E-state index contributed by atoms with van der Waals surface area (Å²) in [7, 11) is 0. The van der Waals surface area contributed by atoms with Gasteiger partial charge in [-0.1, -0.05) is 13.8 Å². The molecule has 12 heavy (non-hydrogen) atoms. The maximum atomic E-state index is 9.69. The Morgan fingerprint density at radius 2 is 2.00 bits per heavy atom. The molecule has 1 N–H and O–H groups in total. The summed E-state index contributed by atoms with van der Waals surface area (Å²) in [5.41, 5.74) is -0.677. The number of hydrogen-bond donors (Lipinski definition) is 1. The third-order valence-corrected chi connectivity index (χ3v) is 2.76. The van der Waals surface area contributed by atoms with Crippen LogP contribution in [0.2, 0.25) is 0 Å². The topological polar surface area (TPSA) is 29.5 Å². The average Bonchev–Trinajstić information content (AvgIpc) is 2.30. The summed E-state index contributed by atoms with van der Waals surface area (Å²) in [6.45, 7) is 8.87. The maximum absolute atomic E-state index is 9.69. The largest absolute Gasteiger partial charge is 0.388 e. The summed E-state index contributed by atoms with van der Waals surface area (Å²) in [6.07, 6.45) is 1.03. The van der Waals surface area contributed by atoms with Gasteiger partial charge in [-0.15, -0.1) is 0 Å². The normalized spacial score (nSPS) is 31.5. The molecular formula is C10H20O2. The lowest BCUT2D eigenvalue weighted by atomic mass is 9.89. The van der Waals surface area contributed by atoms with Gasteiger partial charge in [-0.25, -0.2) is 0 Å². The zero-order valence-corrected chi connectivity index (χ0v) is 8.50. The highest BCUT2D eigenvalue weighted by Crippen LogP contribution is 2.31. The Kier molecular flexibility index (Phi) is 2.79. The first kappa shape index (κ1) is 10.0. The first-order valence-electron chi connectivity index (χ1n) is 4.75. The summed E-state index contributed by atoms with van der Waals surface area (Å²) < 4.78 is 5.54. The highest BCUT2D eigenvalue weighted by atomic mass is 16.5. The van der Waals surface area contributed by atoms with Gasteiger partial charge in [0.2, 0.25) is 0 Å². The minimum absolute atomic E-state index is 0.0323. The minimum atomic E-state index is -0.677. The molecule has 0 amide bonds. The van der Waals surface area contributed by atoms with Crippen molar-refractivity contribution in [1.82, 2.24) is 0 Å². The molecular weight excluding hydrogens is 152 g/mol. The Hall–Kier alpha value is -0.0800. The van der Waals surface area contributed by atoms with Gasteiger partial charge in [-0.3, -0.25) is 0 Å².